The smallest absolute Gasteiger partial charge is 0.187 e. The fourth-order valence-electron chi connectivity index (χ4n) is 14.1. The fourth-order valence-corrected chi connectivity index (χ4v) is 14.1. The van der Waals surface area contributed by atoms with E-state index in [9.17, 15) is 50.8 Å². The Hall–Kier alpha value is -1.01. The van der Waals surface area contributed by atoms with Crippen molar-refractivity contribution in [3.8, 4) is 0 Å². The average molecular weight is 887 g/mol. The van der Waals surface area contributed by atoms with E-state index in [1.54, 1.807) is 0 Å². The Kier molecular flexibility index (Phi) is 12.8. The van der Waals surface area contributed by atoms with Crippen molar-refractivity contribution in [2.24, 2.45) is 52.3 Å². The van der Waals surface area contributed by atoms with Gasteiger partial charge in [0.15, 0.2) is 24.7 Å². The van der Waals surface area contributed by atoms with E-state index in [1.165, 1.54) is 0 Å². The molecular weight excluding hydrogens is 816 g/mol. The van der Waals surface area contributed by atoms with Gasteiger partial charge in [0.1, 0.15) is 72.9 Å². The number of carbonyl (C=O) groups excluding carboxylic acids is 1. The third-order valence-electron chi connectivity index (χ3n) is 17.8. The number of carbonyl (C=O) groups is 1. The number of aliphatic hydroxyl groups excluding tert-OH is 9. The number of ketones is 1. The summed E-state index contributed by atoms with van der Waals surface area (Å²) in [6.45, 7) is 7.86. The van der Waals surface area contributed by atoms with Crippen LogP contribution in [0.15, 0.2) is 0 Å². The van der Waals surface area contributed by atoms with Gasteiger partial charge in [-0.05, 0) is 80.0 Å². The number of aliphatic hydroxyl groups is 9. The lowest BCUT2D eigenvalue weighted by molar-refractivity contribution is -0.378. The van der Waals surface area contributed by atoms with Crippen LogP contribution in [-0.2, 0) is 42.7 Å². The van der Waals surface area contributed by atoms with Crippen LogP contribution in [0, 0.1) is 52.3 Å². The normalized spacial score (nSPS) is 57.8. The summed E-state index contributed by atoms with van der Waals surface area (Å²) in [5.74, 6) is 1.77. The predicted molar refractivity (Wildman–Crippen MR) is 210 cm³/mol. The maximum Gasteiger partial charge on any atom is 0.187 e. The third kappa shape index (κ3) is 7.38. The first kappa shape index (κ1) is 46.1. The maximum absolute atomic E-state index is 14.6. The number of fused-ring (bicyclic) bond motifs is 7. The highest BCUT2D eigenvalue weighted by Gasteiger charge is 2.72. The van der Waals surface area contributed by atoms with Crippen LogP contribution in [0.4, 0.5) is 0 Å². The summed E-state index contributed by atoms with van der Waals surface area (Å²) >= 11 is 0. The van der Waals surface area contributed by atoms with Gasteiger partial charge in [-0.3, -0.25) is 4.79 Å². The maximum atomic E-state index is 14.6. The second-order valence-electron chi connectivity index (χ2n) is 20.9. The number of hydrogen-bond acceptors (Lipinski definition) is 18. The second kappa shape index (κ2) is 17.3. The van der Waals surface area contributed by atoms with Crippen LogP contribution < -0.4 is 0 Å². The van der Waals surface area contributed by atoms with Crippen LogP contribution in [0.1, 0.15) is 85.5 Å². The highest BCUT2D eigenvalue weighted by Crippen LogP contribution is 2.70. The number of rotatable bonds is 8. The SMILES string of the molecule is C[C@@H]1CC[C@@]2(OC1)O[C@H]1C[C@H]3[C@@H]4CC[C@H]5C[C@@H](O[C@@H]6O[C@H](CO)[C@H](O[C@@H]7O[C@H](CO)[C@@H](O)[C@H](O[C@@H]8OC[C@@H](O)[C@H](O)[C@H]8O)[C@H]7O)[C@H](O)[C@H]6O)CC[C@]5(C)[C@H]4CC(=O)[C@]3(C)[C@H]1[C@@H]2C. The highest BCUT2D eigenvalue weighted by atomic mass is 16.8. The van der Waals surface area contributed by atoms with Gasteiger partial charge < -0.3 is 83.9 Å². The Morgan fingerprint density at radius 2 is 1.39 bits per heavy atom. The Balaban J connectivity index is 0.827. The minimum Gasteiger partial charge on any atom is -0.394 e. The van der Waals surface area contributed by atoms with Crippen LogP contribution in [0.2, 0.25) is 0 Å². The molecule has 0 bridgehead atoms. The first-order valence-corrected chi connectivity index (χ1v) is 23.2. The summed E-state index contributed by atoms with van der Waals surface area (Å²) in [4.78, 5) is 14.6. The minimum atomic E-state index is -1.84. The molecule has 0 aromatic rings. The first-order chi connectivity index (χ1) is 29.4. The van der Waals surface area contributed by atoms with E-state index in [0.29, 0.717) is 43.5 Å². The van der Waals surface area contributed by atoms with E-state index in [-0.39, 0.29) is 47.2 Å². The van der Waals surface area contributed by atoms with Crippen LogP contribution in [-0.4, -0.2) is 182 Å². The van der Waals surface area contributed by atoms with Gasteiger partial charge in [-0.2, -0.15) is 0 Å². The summed E-state index contributed by atoms with van der Waals surface area (Å²) < 4.78 is 48.2. The second-order valence-corrected chi connectivity index (χ2v) is 20.9. The minimum absolute atomic E-state index is 0.0242. The van der Waals surface area contributed by atoms with Crippen molar-refractivity contribution in [1.29, 1.82) is 0 Å². The summed E-state index contributed by atoms with van der Waals surface area (Å²) in [6.07, 6.45) is -14.9. The van der Waals surface area contributed by atoms with E-state index in [2.05, 4.69) is 27.7 Å². The number of Topliss-reactive ketones (excluding diaryl/α,β-unsaturated/α-hetero) is 1. The monoisotopic (exact) mass is 886 g/mol. The Labute approximate surface area is 362 Å². The van der Waals surface area contributed by atoms with E-state index in [0.717, 1.165) is 38.5 Å². The average Bonchev–Trinajstić information content (AvgIpc) is 3.70. The molecule has 18 heteroatoms. The Morgan fingerprint density at radius 3 is 2.10 bits per heavy atom. The molecule has 62 heavy (non-hydrogen) atoms. The zero-order valence-corrected chi connectivity index (χ0v) is 36.2. The van der Waals surface area contributed by atoms with Crippen molar-refractivity contribution in [3.05, 3.63) is 0 Å². The lowest BCUT2D eigenvalue weighted by Gasteiger charge is -2.60. The van der Waals surface area contributed by atoms with Crippen LogP contribution in [0.25, 0.3) is 0 Å². The summed E-state index contributed by atoms with van der Waals surface area (Å²) in [5, 5.41) is 95.6. The van der Waals surface area contributed by atoms with Crippen molar-refractivity contribution in [2.45, 2.75) is 189 Å². The fraction of sp³-hybridized carbons (Fsp3) is 0.977. The van der Waals surface area contributed by atoms with Gasteiger partial charge in [0, 0.05) is 30.1 Å². The van der Waals surface area contributed by atoms with Crippen LogP contribution in [0.5, 0.6) is 0 Å². The molecule has 0 radical (unpaired) electrons. The van der Waals surface area contributed by atoms with Crippen molar-refractivity contribution >= 4 is 5.78 Å². The van der Waals surface area contributed by atoms with Crippen molar-refractivity contribution < 1.29 is 88.6 Å². The van der Waals surface area contributed by atoms with Gasteiger partial charge in [-0.25, -0.2) is 0 Å². The molecular formula is C44H70O18. The largest absolute Gasteiger partial charge is 0.394 e. The van der Waals surface area contributed by atoms with Crippen molar-refractivity contribution in [3.63, 3.8) is 0 Å². The van der Waals surface area contributed by atoms with Gasteiger partial charge in [-0.15, -0.1) is 0 Å². The highest BCUT2D eigenvalue weighted by molar-refractivity contribution is 5.87. The molecule has 0 unspecified atom stereocenters. The number of ether oxygens (including phenoxy) is 8. The van der Waals surface area contributed by atoms with E-state index < -0.39 is 117 Å². The van der Waals surface area contributed by atoms with Crippen molar-refractivity contribution in [1.82, 2.24) is 0 Å². The zero-order valence-electron chi connectivity index (χ0n) is 36.2. The molecule has 1 spiro atoms. The molecule has 4 saturated carbocycles. The standard InChI is InChI=1S/C44H70O18/c1-18-7-10-44(56-16-18)19(2)30-26(62-44)12-24-22-6-5-20-11-21(8-9-42(20,3)23(22)13-29(48)43(24,30)4)57-40-35(53)33(51)37(28(15-46)59-40)60-41-36(54)38(32(50)27(14-45)58-41)61-39-34(52)31(49)25(47)17-55-39/h18-28,30-41,45-47,49-54H,5-17H2,1-4H3/t18-,19+,20+,21+,22-,23+,24+,25-,26+,27-,28-,30+,31+,32-,33-,34-,35-,36-,37+,38+,39+,40-,41+,42+,43-,44-/m1/s1. The molecule has 5 aliphatic heterocycles. The number of hydrogen-bond donors (Lipinski definition) is 9. The summed E-state index contributed by atoms with van der Waals surface area (Å²) in [7, 11) is 0. The quantitative estimate of drug-likeness (QED) is 0.133. The van der Waals surface area contributed by atoms with Gasteiger partial charge in [0.25, 0.3) is 0 Å². The molecule has 18 nitrogen and oxygen atoms in total. The first-order valence-electron chi connectivity index (χ1n) is 23.2. The summed E-state index contributed by atoms with van der Waals surface area (Å²) in [5.41, 5.74) is -0.525. The lowest BCUT2D eigenvalue weighted by atomic mass is 9.44. The van der Waals surface area contributed by atoms with Gasteiger partial charge in [0.2, 0.25) is 0 Å². The van der Waals surface area contributed by atoms with Crippen LogP contribution >= 0.6 is 0 Å². The molecule has 354 valence electrons. The molecule has 0 aromatic heterocycles. The Morgan fingerprint density at radius 1 is 0.694 bits per heavy atom. The molecule has 5 saturated heterocycles. The molecule has 9 aliphatic rings. The van der Waals surface area contributed by atoms with Gasteiger partial charge in [-0.1, -0.05) is 27.7 Å². The van der Waals surface area contributed by atoms with Gasteiger partial charge in [0.05, 0.1) is 38.6 Å². The molecule has 0 aromatic carbocycles. The van der Waals surface area contributed by atoms with Crippen LogP contribution in [0.3, 0.4) is 0 Å². The molecule has 9 fully saturated rings. The lowest BCUT2D eigenvalue weighted by Crippen LogP contribution is -2.66. The molecule has 9 rings (SSSR count). The predicted octanol–water partition coefficient (Wildman–Crippen LogP) is -0.915. The molecule has 26 atom stereocenters. The molecule has 5 heterocycles. The zero-order chi connectivity index (χ0) is 44.2. The van der Waals surface area contributed by atoms with E-state index in [4.69, 9.17) is 37.9 Å². The molecule has 9 N–H and O–H groups in total. The van der Waals surface area contributed by atoms with Gasteiger partial charge >= 0.3 is 0 Å². The molecule has 0 amide bonds. The third-order valence-corrected chi connectivity index (χ3v) is 17.8. The van der Waals surface area contributed by atoms with E-state index in [1.807, 2.05) is 0 Å². The topological polar surface area (TPSA) is 273 Å². The Bertz CT molecular complexity index is 1600. The molecule has 4 aliphatic carbocycles. The summed E-state index contributed by atoms with van der Waals surface area (Å²) in [6, 6.07) is 0. The van der Waals surface area contributed by atoms with E-state index >= 15 is 0 Å². The van der Waals surface area contributed by atoms with Crippen molar-refractivity contribution in [2.75, 3.05) is 26.4 Å².